The van der Waals surface area contributed by atoms with E-state index >= 15 is 0 Å². The third-order valence-corrected chi connectivity index (χ3v) is 4.79. The van der Waals surface area contributed by atoms with Crippen LogP contribution < -0.4 is 10.7 Å². The number of thiocarbonyl (C=S) groups is 1. The Morgan fingerprint density at radius 2 is 1.45 bits per heavy atom. The second-order valence-corrected chi connectivity index (χ2v) is 7.29. The van der Waals surface area contributed by atoms with Gasteiger partial charge >= 0.3 is 0 Å². The number of hydrogen-bond donors (Lipinski definition) is 2. The van der Waals surface area contributed by atoms with E-state index in [1.54, 1.807) is 17.4 Å². The molecule has 0 radical (unpaired) electrons. The van der Waals surface area contributed by atoms with Gasteiger partial charge in [0.05, 0.1) is 22.1 Å². The molecule has 0 saturated carbocycles. The molecule has 5 rings (SSSR count). The number of fused-ring (bicyclic) bond motifs is 7. The Hall–Kier alpha value is -3.49. The van der Waals surface area contributed by atoms with E-state index in [2.05, 4.69) is 20.7 Å². The predicted octanol–water partition coefficient (Wildman–Crippen LogP) is 3.64. The molecule has 5 aromatic rings. The van der Waals surface area contributed by atoms with E-state index < -0.39 is 0 Å². The quantitative estimate of drug-likeness (QED) is 0.202. The first kappa shape index (κ1) is 17.6. The maximum Gasteiger partial charge on any atom is 0.185 e. The van der Waals surface area contributed by atoms with Gasteiger partial charge in [0.25, 0.3) is 0 Å². The number of hydrogen-bond acceptors (Lipinski definition) is 6. The summed E-state index contributed by atoms with van der Waals surface area (Å²) in [4.78, 5) is 18.9. The number of anilines is 1. The van der Waals surface area contributed by atoms with E-state index in [0.29, 0.717) is 5.11 Å². The van der Waals surface area contributed by atoms with Crippen molar-refractivity contribution in [3.63, 3.8) is 0 Å². The molecular weight excluding hydrogens is 382 g/mol. The molecular formula is C21H17N7S. The van der Waals surface area contributed by atoms with E-state index in [1.807, 2.05) is 56.6 Å². The highest BCUT2D eigenvalue weighted by Crippen LogP contribution is 2.32. The molecule has 0 aliphatic carbocycles. The normalized spacial score (nSPS) is 11.6. The number of benzene rings is 2. The molecule has 142 valence electrons. The summed E-state index contributed by atoms with van der Waals surface area (Å²) in [6, 6.07) is 13.7. The highest BCUT2D eigenvalue weighted by molar-refractivity contribution is 7.80. The van der Waals surface area contributed by atoms with Gasteiger partial charge in [-0.2, -0.15) is 0 Å². The molecule has 2 N–H and O–H groups in total. The van der Waals surface area contributed by atoms with Crippen LogP contribution in [-0.2, 0) is 0 Å². The third kappa shape index (κ3) is 3.08. The summed E-state index contributed by atoms with van der Waals surface area (Å²) in [6.45, 7) is 0. The zero-order valence-corrected chi connectivity index (χ0v) is 16.7. The van der Waals surface area contributed by atoms with Crippen molar-refractivity contribution >= 4 is 66.9 Å². The number of pyridine rings is 2. The van der Waals surface area contributed by atoms with Crippen molar-refractivity contribution in [3.05, 3.63) is 54.9 Å². The average Bonchev–Trinajstić information content (AvgIpc) is 2.72. The molecule has 0 atom stereocenters. The first-order chi connectivity index (χ1) is 14.1. The first-order valence-corrected chi connectivity index (χ1v) is 9.49. The minimum Gasteiger partial charge on any atom is -0.332 e. The van der Waals surface area contributed by atoms with Gasteiger partial charge in [0.1, 0.15) is 11.0 Å². The zero-order chi connectivity index (χ0) is 20.0. The van der Waals surface area contributed by atoms with Crippen LogP contribution in [0.1, 0.15) is 0 Å². The minimum atomic E-state index is 0.505. The van der Waals surface area contributed by atoms with Gasteiger partial charge in [-0.1, -0.05) is 12.1 Å². The van der Waals surface area contributed by atoms with Crippen LogP contribution in [0.3, 0.4) is 0 Å². The lowest BCUT2D eigenvalue weighted by Crippen LogP contribution is -2.38. The fraction of sp³-hybridized carbons (Fsp3) is 0.0952. The van der Waals surface area contributed by atoms with Crippen LogP contribution in [-0.4, -0.2) is 44.2 Å². The van der Waals surface area contributed by atoms with E-state index in [4.69, 9.17) is 22.2 Å². The summed E-state index contributed by atoms with van der Waals surface area (Å²) in [5.41, 5.74) is 8.54. The Balaban J connectivity index is 1.75. The van der Waals surface area contributed by atoms with E-state index in [1.165, 1.54) is 0 Å². The molecule has 3 heterocycles. The highest BCUT2D eigenvalue weighted by Gasteiger charge is 2.14. The Morgan fingerprint density at radius 3 is 2.07 bits per heavy atom. The Labute approximate surface area is 171 Å². The monoisotopic (exact) mass is 399 g/mol. The Morgan fingerprint density at radius 1 is 0.828 bits per heavy atom. The van der Waals surface area contributed by atoms with Crippen molar-refractivity contribution in [2.24, 2.45) is 0 Å². The van der Waals surface area contributed by atoms with E-state index in [9.17, 15) is 0 Å². The van der Waals surface area contributed by atoms with Crippen LogP contribution in [0.4, 0.5) is 5.69 Å². The van der Waals surface area contributed by atoms with E-state index in [-0.39, 0.29) is 0 Å². The van der Waals surface area contributed by atoms with Crippen LogP contribution in [0.5, 0.6) is 0 Å². The van der Waals surface area contributed by atoms with Gasteiger partial charge in [-0.3, -0.25) is 15.4 Å². The smallest absolute Gasteiger partial charge is 0.185 e. The average molecular weight is 399 g/mol. The number of aromatic nitrogens is 4. The summed E-state index contributed by atoms with van der Waals surface area (Å²) in [6.07, 6.45) is 3.56. The van der Waals surface area contributed by atoms with Crippen LogP contribution in [0, 0.1) is 0 Å². The highest BCUT2D eigenvalue weighted by atomic mass is 32.1. The van der Waals surface area contributed by atoms with Crippen LogP contribution in [0.15, 0.2) is 54.9 Å². The molecule has 8 heteroatoms. The third-order valence-electron chi connectivity index (χ3n) is 4.60. The summed E-state index contributed by atoms with van der Waals surface area (Å²) < 4.78 is 0. The molecule has 7 nitrogen and oxygen atoms in total. The SMILES string of the molecule is CN(C)NC(=S)Nc1ccc2nc3c4ncccc4c4cccnc4c3nc2c1. The topological polar surface area (TPSA) is 78.9 Å². The number of nitrogens with one attached hydrogen (secondary N) is 2. The standard InChI is InChI=1S/C21H17N7S/c1-28(2)27-21(29)24-12-7-8-15-16(11-12)26-20-18-14(6-4-10-23-18)13-5-3-9-22-17(13)19(20)25-15/h3-11H,1-2H3,(H2,24,27,29). The molecule has 0 aliphatic rings. The van der Waals surface area contributed by atoms with Gasteiger partial charge in [-0.05, 0) is 42.5 Å². The molecule has 29 heavy (non-hydrogen) atoms. The first-order valence-electron chi connectivity index (χ1n) is 9.08. The van der Waals surface area contributed by atoms with Crippen molar-refractivity contribution in [3.8, 4) is 0 Å². The lowest BCUT2D eigenvalue weighted by molar-refractivity contribution is 0.365. The zero-order valence-electron chi connectivity index (χ0n) is 15.8. The molecule has 3 aromatic heterocycles. The lowest BCUT2D eigenvalue weighted by atomic mass is 10.1. The van der Waals surface area contributed by atoms with Crippen molar-refractivity contribution in [2.75, 3.05) is 19.4 Å². The summed E-state index contributed by atoms with van der Waals surface area (Å²) >= 11 is 5.31. The van der Waals surface area contributed by atoms with Crippen molar-refractivity contribution < 1.29 is 0 Å². The number of rotatable bonds is 2. The van der Waals surface area contributed by atoms with Crippen molar-refractivity contribution in [1.29, 1.82) is 0 Å². The number of nitrogens with zero attached hydrogens (tertiary/aromatic N) is 5. The van der Waals surface area contributed by atoms with Gasteiger partial charge in [0.2, 0.25) is 0 Å². The minimum absolute atomic E-state index is 0.505. The van der Waals surface area contributed by atoms with Gasteiger partial charge in [-0.15, -0.1) is 0 Å². The van der Waals surface area contributed by atoms with Crippen molar-refractivity contribution in [1.82, 2.24) is 30.4 Å². The largest absolute Gasteiger partial charge is 0.332 e. The maximum absolute atomic E-state index is 5.31. The molecule has 0 aliphatic heterocycles. The fourth-order valence-electron chi connectivity index (χ4n) is 3.45. The fourth-order valence-corrected chi connectivity index (χ4v) is 3.75. The van der Waals surface area contributed by atoms with Gasteiger partial charge in [0, 0.05) is 42.9 Å². The molecule has 0 amide bonds. The van der Waals surface area contributed by atoms with Crippen LogP contribution >= 0.6 is 12.2 Å². The maximum atomic E-state index is 5.31. The molecule has 0 saturated heterocycles. The van der Waals surface area contributed by atoms with Gasteiger partial charge in [-0.25, -0.2) is 15.0 Å². The molecule has 0 unspecified atom stereocenters. The van der Waals surface area contributed by atoms with Crippen LogP contribution in [0.25, 0.3) is 43.9 Å². The van der Waals surface area contributed by atoms with Crippen molar-refractivity contribution in [2.45, 2.75) is 0 Å². The van der Waals surface area contributed by atoms with Gasteiger partial charge in [0.15, 0.2) is 5.11 Å². The van der Waals surface area contributed by atoms with Gasteiger partial charge < -0.3 is 5.32 Å². The lowest BCUT2D eigenvalue weighted by Gasteiger charge is -2.15. The van der Waals surface area contributed by atoms with E-state index in [0.717, 1.165) is 49.6 Å². The van der Waals surface area contributed by atoms with Crippen LogP contribution in [0.2, 0.25) is 0 Å². The molecule has 0 spiro atoms. The predicted molar refractivity (Wildman–Crippen MR) is 121 cm³/mol. The Kier molecular flexibility index (Phi) is 4.15. The molecule has 0 bridgehead atoms. The summed E-state index contributed by atoms with van der Waals surface area (Å²) in [7, 11) is 3.75. The Bertz CT molecular complexity index is 1410. The second kappa shape index (κ2) is 6.84. The summed E-state index contributed by atoms with van der Waals surface area (Å²) in [5, 5.41) is 7.48. The number of hydrazine groups is 1. The molecule has 0 fully saturated rings. The summed E-state index contributed by atoms with van der Waals surface area (Å²) in [5.74, 6) is 0. The second-order valence-electron chi connectivity index (χ2n) is 6.88. The molecule has 2 aromatic carbocycles.